The number of nitrogens with zero attached hydrogens (tertiary/aromatic N) is 1. The first-order valence-corrected chi connectivity index (χ1v) is 3.62. The highest BCUT2D eigenvalue weighted by molar-refractivity contribution is 5.77. The minimum Gasteiger partial charge on any atom is -0.339 e. The minimum atomic E-state index is -0.120. The summed E-state index contributed by atoms with van der Waals surface area (Å²) in [5, 5.41) is 0. The van der Waals surface area contributed by atoms with Crippen molar-refractivity contribution >= 4 is 5.91 Å². The lowest BCUT2D eigenvalue weighted by atomic mass is 9.93. The van der Waals surface area contributed by atoms with Gasteiger partial charge in [-0.3, -0.25) is 4.79 Å². The van der Waals surface area contributed by atoms with Crippen molar-refractivity contribution in [1.82, 2.24) is 4.90 Å². The van der Waals surface area contributed by atoms with Crippen LogP contribution in [0.25, 0.3) is 0 Å². The first kappa shape index (κ1) is 7.54. The van der Waals surface area contributed by atoms with Crippen molar-refractivity contribution < 1.29 is 4.79 Å². The van der Waals surface area contributed by atoms with Gasteiger partial charge in [-0.25, -0.2) is 0 Å². The van der Waals surface area contributed by atoms with Crippen LogP contribution in [0, 0.1) is 0 Å². The summed E-state index contributed by atoms with van der Waals surface area (Å²) in [6.45, 7) is 5.28. The summed E-state index contributed by atoms with van der Waals surface area (Å²) < 4.78 is 0. The highest BCUT2D eigenvalue weighted by Gasteiger charge is 2.36. The van der Waals surface area contributed by atoms with Crippen LogP contribution in [0.2, 0.25) is 0 Å². The Labute approximate surface area is 61.2 Å². The van der Waals surface area contributed by atoms with E-state index in [0.29, 0.717) is 6.42 Å². The summed E-state index contributed by atoms with van der Waals surface area (Å²) in [4.78, 5) is 12.7. The van der Waals surface area contributed by atoms with E-state index >= 15 is 0 Å². The third-order valence-corrected chi connectivity index (χ3v) is 1.76. The Kier molecular flexibility index (Phi) is 1.68. The van der Waals surface area contributed by atoms with Crippen LogP contribution < -0.4 is 5.73 Å². The molecule has 3 heteroatoms. The average Bonchev–Trinajstić information content (AvgIpc) is 1.81. The number of nitrogens with two attached hydrogens (primary N) is 1. The second-order valence-electron chi connectivity index (χ2n) is 3.26. The molecule has 1 heterocycles. The van der Waals surface area contributed by atoms with Crippen molar-refractivity contribution in [3.63, 3.8) is 0 Å². The van der Waals surface area contributed by atoms with Gasteiger partial charge in [-0.15, -0.1) is 0 Å². The van der Waals surface area contributed by atoms with Crippen LogP contribution in [-0.4, -0.2) is 29.4 Å². The molecule has 0 bridgehead atoms. The SMILES string of the molecule is CCC(=O)N1CC(C)(N)C1. The molecule has 0 spiro atoms. The molecule has 10 heavy (non-hydrogen) atoms. The standard InChI is InChI=1S/C7H14N2O/c1-3-6(10)9-4-7(2,8)5-9/h3-5,8H2,1-2H3. The number of carbonyl (C=O) groups is 1. The molecule has 0 atom stereocenters. The molecular formula is C7H14N2O. The van der Waals surface area contributed by atoms with Gasteiger partial charge in [0.1, 0.15) is 0 Å². The number of amides is 1. The van der Waals surface area contributed by atoms with Gasteiger partial charge in [0.25, 0.3) is 0 Å². The van der Waals surface area contributed by atoms with Gasteiger partial charge in [0, 0.05) is 25.0 Å². The minimum absolute atomic E-state index is 0.120. The number of carbonyl (C=O) groups excluding carboxylic acids is 1. The average molecular weight is 142 g/mol. The predicted octanol–water partition coefficient (Wildman–Crippen LogP) is -0.0440. The van der Waals surface area contributed by atoms with Gasteiger partial charge in [-0.1, -0.05) is 6.92 Å². The van der Waals surface area contributed by atoms with E-state index in [0.717, 1.165) is 13.1 Å². The molecule has 1 fully saturated rings. The summed E-state index contributed by atoms with van der Waals surface area (Å²) >= 11 is 0. The molecule has 58 valence electrons. The highest BCUT2D eigenvalue weighted by Crippen LogP contribution is 2.17. The molecule has 2 N–H and O–H groups in total. The predicted molar refractivity (Wildman–Crippen MR) is 39.5 cm³/mol. The number of hydrogen-bond donors (Lipinski definition) is 1. The molecule has 1 rings (SSSR count). The Morgan fingerprint density at radius 1 is 1.70 bits per heavy atom. The lowest BCUT2D eigenvalue weighted by molar-refractivity contribution is -0.137. The monoisotopic (exact) mass is 142 g/mol. The van der Waals surface area contributed by atoms with Crippen LogP contribution in [-0.2, 0) is 4.79 Å². The Balaban J connectivity index is 2.33. The lowest BCUT2D eigenvalue weighted by Gasteiger charge is -2.45. The fourth-order valence-electron chi connectivity index (χ4n) is 1.23. The molecule has 1 saturated heterocycles. The second-order valence-corrected chi connectivity index (χ2v) is 3.26. The lowest BCUT2D eigenvalue weighted by Crippen LogP contribution is -2.66. The van der Waals surface area contributed by atoms with Crippen molar-refractivity contribution in [3.8, 4) is 0 Å². The van der Waals surface area contributed by atoms with E-state index < -0.39 is 0 Å². The molecule has 0 saturated carbocycles. The van der Waals surface area contributed by atoms with Crippen LogP contribution in [0.1, 0.15) is 20.3 Å². The third kappa shape index (κ3) is 1.29. The highest BCUT2D eigenvalue weighted by atomic mass is 16.2. The summed E-state index contributed by atoms with van der Waals surface area (Å²) in [5.41, 5.74) is 5.59. The molecule has 0 aromatic heterocycles. The van der Waals surface area contributed by atoms with Gasteiger partial charge in [-0.05, 0) is 6.92 Å². The van der Waals surface area contributed by atoms with E-state index in [1.165, 1.54) is 0 Å². The van der Waals surface area contributed by atoms with Gasteiger partial charge in [-0.2, -0.15) is 0 Å². The van der Waals surface area contributed by atoms with Crippen LogP contribution in [0.5, 0.6) is 0 Å². The molecule has 0 radical (unpaired) electrons. The summed E-state index contributed by atoms with van der Waals surface area (Å²) in [6, 6.07) is 0. The quantitative estimate of drug-likeness (QED) is 0.558. The van der Waals surface area contributed by atoms with E-state index in [2.05, 4.69) is 0 Å². The van der Waals surface area contributed by atoms with Crippen molar-refractivity contribution in [1.29, 1.82) is 0 Å². The first-order chi connectivity index (χ1) is 4.55. The zero-order valence-electron chi connectivity index (χ0n) is 6.55. The van der Waals surface area contributed by atoms with Crippen molar-refractivity contribution in [2.24, 2.45) is 5.73 Å². The van der Waals surface area contributed by atoms with Gasteiger partial charge < -0.3 is 10.6 Å². The van der Waals surface area contributed by atoms with Gasteiger partial charge in [0.05, 0.1) is 0 Å². The maximum atomic E-state index is 11.0. The zero-order chi connectivity index (χ0) is 7.78. The maximum absolute atomic E-state index is 11.0. The Morgan fingerprint density at radius 3 is 2.50 bits per heavy atom. The molecule has 1 aliphatic heterocycles. The topological polar surface area (TPSA) is 46.3 Å². The molecular weight excluding hydrogens is 128 g/mol. The molecule has 0 unspecified atom stereocenters. The summed E-state index contributed by atoms with van der Waals surface area (Å²) in [5.74, 6) is 0.211. The van der Waals surface area contributed by atoms with Crippen LogP contribution in [0.4, 0.5) is 0 Å². The molecule has 0 aromatic carbocycles. The van der Waals surface area contributed by atoms with E-state index in [9.17, 15) is 4.79 Å². The van der Waals surface area contributed by atoms with E-state index in [-0.39, 0.29) is 11.4 Å². The third-order valence-electron chi connectivity index (χ3n) is 1.76. The second kappa shape index (κ2) is 2.23. The van der Waals surface area contributed by atoms with Crippen molar-refractivity contribution in [2.45, 2.75) is 25.8 Å². The zero-order valence-corrected chi connectivity index (χ0v) is 6.55. The van der Waals surface area contributed by atoms with Crippen molar-refractivity contribution in [2.75, 3.05) is 13.1 Å². The van der Waals surface area contributed by atoms with E-state index in [1.807, 2.05) is 13.8 Å². The normalized spacial score (nSPS) is 22.1. The van der Waals surface area contributed by atoms with Crippen LogP contribution in [0.3, 0.4) is 0 Å². The molecule has 1 aliphatic rings. The number of likely N-dealkylation sites (tertiary alicyclic amines) is 1. The number of rotatable bonds is 1. The van der Waals surface area contributed by atoms with Gasteiger partial charge >= 0.3 is 0 Å². The van der Waals surface area contributed by atoms with E-state index in [1.54, 1.807) is 4.90 Å². The Hall–Kier alpha value is -0.570. The molecule has 1 amide bonds. The summed E-state index contributed by atoms with van der Waals surface area (Å²) in [7, 11) is 0. The fourth-order valence-corrected chi connectivity index (χ4v) is 1.23. The molecule has 3 nitrogen and oxygen atoms in total. The largest absolute Gasteiger partial charge is 0.339 e. The van der Waals surface area contributed by atoms with Gasteiger partial charge in [0.2, 0.25) is 5.91 Å². The molecule has 0 aromatic rings. The number of hydrogen-bond acceptors (Lipinski definition) is 2. The van der Waals surface area contributed by atoms with Crippen LogP contribution in [0.15, 0.2) is 0 Å². The summed E-state index contributed by atoms with van der Waals surface area (Å²) in [6.07, 6.45) is 0.593. The Morgan fingerprint density at radius 2 is 2.20 bits per heavy atom. The fraction of sp³-hybridized carbons (Fsp3) is 0.857. The molecule has 0 aliphatic carbocycles. The van der Waals surface area contributed by atoms with Gasteiger partial charge in [0.15, 0.2) is 0 Å². The Bertz CT molecular complexity index is 146. The van der Waals surface area contributed by atoms with Crippen molar-refractivity contribution in [3.05, 3.63) is 0 Å². The smallest absolute Gasteiger partial charge is 0.222 e. The van der Waals surface area contributed by atoms with E-state index in [4.69, 9.17) is 5.73 Å². The van der Waals surface area contributed by atoms with Crippen LogP contribution >= 0.6 is 0 Å². The first-order valence-electron chi connectivity index (χ1n) is 3.62. The maximum Gasteiger partial charge on any atom is 0.222 e.